The summed E-state index contributed by atoms with van der Waals surface area (Å²) in [5.74, 6) is -11.5. The van der Waals surface area contributed by atoms with Crippen LogP contribution in [0.5, 0.6) is 5.88 Å². The molecule has 6 rings (SSSR count). The molecule has 0 bridgehead atoms. The Balaban J connectivity index is 1.58. The number of halogens is 13. The summed E-state index contributed by atoms with van der Waals surface area (Å²) in [5, 5.41) is 8.91. The smallest absolute Gasteiger partial charge is 0.479 e. The first-order valence-corrected chi connectivity index (χ1v) is 19.4. The average molecular weight is 925 g/mol. The van der Waals surface area contributed by atoms with E-state index in [4.69, 9.17) is 11.6 Å². The van der Waals surface area contributed by atoms with E-state index in [9.17, 15) is 58.0 Å². The maximum absolute atomic E-state index is 15.3. The Morgan fingerprint density at radius 2 is 1.75 bits per heavy atom. The minimum atomic E-state index is -5.11. The Kier molecular flexibility index (Phi) is 12.3. The van der Waals surface area contributed by atoms with Gasteiger partial charge in [-0.15, -0.1) is 5.10 Å². The fourth-order valence-corrected chi connectivity index (χ4v) is 7.54. The molecular formula is C33H25ClF12N8O4S2. The van der Waals surface area contributed by atoms with Gasteiger partial charge in [-0.3, -0.25) is 23.5 Å². The van der Waals surface area contributed by atoms with E-state index in [1.165, 1.54) is 0 Å². The van der Waals surface area contributed by atoms with Gasteiger partial charge in [0.15, 0.2) is 12.0 Å². The molecule has 0 radical (unpaired) electrons. The first kappa shape index (κ1) is 44.7. The quantitative estimate of drug-likeness (QED) is 0.0686. The van der Waals surface area contributed by atoms with E-state index in [0.717, 1.165) is 37.4 Å². The van der Waals surface area contributed by atoms with E-state index in [2.05, 4.69) is 29.4 Å². The van der Waals surface area contributed by atoms with Gasteiger partial charge < -0.3 is 14.1 Å². The van der Waals surface area contributed by atoms with Crippen LogP contribution in [0.4, 0.5) is 58.5 Å². The zero-order chi connectivity index (χ0) is 44.2. The van der Waals surface area contributed by atoms with Gasteiger partial charge in [-0.25, -0.2) is 17.6 Å². The van der Waals surface area contributed by atoms with Crippen molar-refractivity contribution in [3.63, 3.8) is 0 Å². The molecular weight excluding hydrogens is 900 g/mol. The molecule has 0 fully saturated rings. The number of hydrogen-bond acceptors (Lipinski definition) is 9. The zero-order valence-electron chi connectivity index (χ0n) is 30.1. The highest BCUT2D eigenvalue weighted by atomic mass is 35.5. The molecule has 0 aliphatic heterocycles. The predicted molar refractivity (Wildman–Crippen MR) is 191 cm³/mol. The average Bonchev–Trinajstić information content (AvgIpc) is 3.71. The van der Waals surface area contributed by atoms with Gasteiger partial charge >= 0.3 is 11.7 Å². The maximum Gasteiger partial charge on any atom is 0.479 e. The Labute approximate surface area is 340 Å². The van der Waals surface area contributed by atoms with Crippen LogP contribution in [0.2, 0.25) is 5.02 Å². The molecule has 1 aliphatic rings. The molecule has 324 valence electrons. The van der Waals surface area contributed by atoms with Crippen LogP contribution in [-0.4, -0.2) is 57.5 Å². The normalized spacial score (nSPS) is 16.3. The lowest BCUT2D eigenvalue weighted by Gasteiger charge is -2.24. The molecule has 3 atom stereocenters. The summed E-state index contributed by atoms with van der Waals surface area (Å²) in [5.41, 5.74) is -10.7. The van der Waals surface area contributed by atoms with Gasteiger partial charge in [-0.05, 0) is 36.2 Å². The molecule has 3 aromatic heterocycles. The molecule has 27 heteroatoms. The summed E-state index contributed by atoms with van der Waals surface area (Å²) in [6.45, 7) is -2.06. The Morgan fingerprint density at radius 1 is 1.08 bits per heavy atom. The number of carbonyl (C=O) groups is 1. The zero-order valence-corrected chi connectivity index (χ0v) is 32.5. The van der Waals surface area contributed by atoms with E-state index in [0.29, 0.717) is 26.1 Å². The van der Waals surface area contributed by atoms with Crippen molar-refractivity contribution in [3.05, 3.63) is 91.7 Å². The number of hydrogen-bond donors (Lipinski definition) is 2. The number of nitrogens with zero attached hydrogens (tertiary/aromatic N) is 6. The van der Waals surface area contributed by atoms with Gasteiger partial charge in [0.2, 0.25) is 17.6 Å². The fraction of sp³-hybridized carbons (Fsp3) is 0.364. The minimum Gasteiger partial charge on any atom is -0.593 e. The molecule has 2 N–H and O–H groups in total. The van der Waals surface area contributed by atoms with Crippen LogP contribution in [0.3, 0.4) is 0 Å². The predicted octanol–water partition coefficient (Wildman–Crippen LogP) is 7.85. The maximum atomic E-state index is 15.3. The van der Waals surface area contributed by atoms with Crippen molar-refractivity contribution in [2.75, 3.05) is 11.0 Å². The number of aromatic nitrogens is 6. The largest absolute Gasteiger partial charge is 0.593 e. The van der Waals surface area contributed by atoms with Gasteiger partial charge in [-0.1, -0.05) is 18.5 Å². The van der Waals surface area contributed by atoms with Crippen LogP contribution in [0, 0.1) is 17.6 Å². The van der Waals surface area contributed by atoms with Crippen LogP contribution in [0.25, 0.3) is 16.6 Å². The molecule has 2 aromatic carbocycles. The van der Waals surface area contributed by atoms with E-state index in [1.54, 1.807) is 0 Å². The first-order chi connectivity index (χ1) is 27.8. The highest BCUT2D eigenvalue weighted by Gasteiger charge is 2.51. The minimum absolute atomic E-state index is 0.293. The molecule has 0 saturated heterocycles. The van der Waals surface area contributed by atoms with E-state index < -0.39 is 154 Å². The third-order valence-electron chi connectivity index (χ3n) is 8.81. The van der Waals surface area contributed by atoms with E-state index in [-0.39, 0.29) is 16.0 Å². The lowest BCUT2D eigenvalue weighted by molar-refractivity contribution is -0.141. The topological polar surface area (TPSA) is 144 Å². The Bertz CT molecular complexity index is 2490. The Hall–Kier alpha value is -4.82. The fourth-order valence-electron chi connectivity index (χ4n) is 6.62. The van der Waals surface area contributed by atoms with Crippen LogP contribution >= 0.6 is 23.6 Å². The lowest BCUT2D eigenvalue weighted by atomic mass is 10.0. The third kappa shape index (κ3) is 9.54. The second-order valence-corrected chi connectivity index (χ2v) is 15.5. The molecule has 1 amide bonds. The second-order valence-electron chi connectivity index (χ2n) is 13.2. The second kappa shape index (κ2) is 16.6. The van der Waals surface area contributed by atoms with Crippen LogP contribution in [0.15, 0.2) is 41.2 Å². The summed E-state index contributed by atoms with van der Waals surface area (Å²) in [6, 6.07) is 2.26. The molecule has 60 heavy (non-hydrogen) atoms. The van der Waals surface area contributed by atoms with Gasteiger partial charge in [0.1, 0.15) is 48.2 Å². The highest BCUT2D eigenvalue weighted by molar-refractivity contribution is 7.95. The van der Waals surface area contributed by atoms with Crippen molar-refractivity contribution in [2.24, 2.45) is 5.92 Å². The standard InChI is InChI=1S/C33H25ClF12N8O4S2/c1-13-5-17-25(28(37)38)49-52(27(17)32(13,42)43)11-21(55)47-19(8-14-6-15(35)9-16(36)7-14)30-48-22(58-59-33(44,45)46)10-23(56)54(30)20-4-3-18(34)24-26(20)53(12-31(39,40)41)50-29(24)51-60(2)57/h3-4,6-7,9-10,13,19,28H,5,8,11-12H2,1-2H3,(H,47,55)(H,50,51). The van der Waals surface area contributed by atoms with E-state index >= 15 is 8.78 Å². The molecule has 5 aromatic rings. The van der Waals surface area contributed by atoms with E-state index in [1.807, 2.05) is 0 Å². The van der Waals surface area contributed by atoms with Crippen molar-refractivity contribution in [1.29, 1.82) is 0 Å². The summed E-state index contributed by atoms with van der Waals surface area (Å²) in [7, 11) is 0. The number of amides is 1. The van der Waals surface area contributed by atoms with Crippen LogP contribution in [-0.2, 0) is 48.0 Å². The van der Waals surface area contributed by atoms with Gasteiger partial charge in [0, 0.05) is 24.0 Å². The van der Waals surface area contributed by atoms with Crippen molar-refractivity contribution >= 4 is 57.6 Å². The van der Waals surface area contributed by atoms with Crippen LogP contribution < -0.4 is 19.8 Å². The lowest BCUT2D eigenvalue weighted by Crippen LogP contribution is -2.38. The molecule has 0 saturated carbocycles. The van der Waals surface area contributed by atoms with Crippen molar-refractivity contribution in [3.8, 4) is 11.6 Å². The number of nitrogens with one attached hydrogen (secondary N) is 2. The number of rotatable bonds is 13. The highest BCUT2D eigenvalue weighted by Crippen LogP contribution is 2.48. The number of carbonyl (C=O) groups excluding carboxylic acids is 1. The summed E-state index contributed by atoms with van der Waals surface area (Å²) < 4.78 is 189. The van der Waals surface area contributed by atoms with Crippen molar-refractivity contribution in [2.45, 2.75) is 62.9 Å². The van der Waals surface area contributed by atoms with Crippen molar-refractivity contribution in [1.82, 2.24) is 34.4 Å². The number of benzene rings is 2. The third-order valence-corrected chi connectivity index (χ3v) is 10.0. The monoisotopic (exact) mass is 924 g/mol. The number of anilines is 1. The molecule has 1 aliphatic carbocycles. The SMILES string of the molecule is CC1Cc2c(C(F)F)nn(CC(=O)NC(Cc3cc(F)cc(F)c3)c3nc(OSC(F)(F)F)cc(=O)n3-c3ccc(Cl)c4c(N[S+](C)[O-])nn(CC(F)(F)F)c34)c2C1(F)F. The van der Waals surface area contributed by atoms with Gasteiger partial charge in [0.25, 0.3) is 17.9 Å². The Morgan fingerprint density at radius 3 is 2.35 bits per heavy atom. The summed E-state index contributed by atoms with van der Waals surface area (Å²) in [4.78, 5) is 31.8. The summed E-state index contributed by atoms with van der Waals surface area (Å²) >= 11 is 3.23. The molecule has 12 nitrogen and oxygen atoms in total. The first-order valence-electron chi connectivity index (χ1n) is 16.8. The molecule has 0 spiro atoms. The van der Waals surface area contributed by atoms with Crippen LogP contribution in [0.1, 0.15) is 47.7 Å². The summed E-state index contributed by atoms with van der Waals surface area (Å²) in [6.07, 6.45) is -8.67. The number of fused-ring (bicyclic) bond motifs is 2. The molecule has 3 unspecified atom stereocenters. The molecule has 3 heterocycles. The van der Waals surface area contributed by atoms with Crippen molar-refractivity contribution < 1.29 is 66.2 Å². The van der Waals surface area contributed by atoms with Gasteiger partial charge in [0.05, 0.1) is 45.1 Å². The number of alkyl halides is 10. The van der Waals surface area contributed by atoms with Gasteiger partial charge in [-0.2, -0.15) is 49.9 Å².